The number of hydrogen-bond donors (Lipinski definition) is 1. The minimum Gasteiger partial charge on any atom is -0.450 e. The summed E-state index contributed by atoms with van der Waals surface area (Å²) in [6.45, 7) is 6.12. The van der Waals surface area contributed by atoms with E-state index in [1.54, 1.807) is 31.2 Å². The number of hydrogen-bond acceptors (Lipinski definition) is 4. The number of rotatable bonds is 5. The lowest BCUT2D eigenvalue weighted by Gasteiger charge is -2.28. The third kappa shape index (κ3) is 3.16. The van der Waals surface area contributed by atoms with Gasteiger partial charge < -0.3 is 14.7 Å². The first-order valence-corrected chi connectivity index (χ1v) is 9.67. The highest BCUT2D eigenvalue weighted by Gasteiger charge is 2.56. The molecule has 144 valence electrons. The summed E-state index contributed by atoms with van der Waals surface area (Å²) >= 11 is 0. The third-order valence-electron chi connectivity index (χ3n) is 6.12. The van der Waals surface area contributed by atoms with Gasteiger partial charge in [0, 0.05) is 18.8 Å². The van der Waals surface area contributed by atoms with Gasteiger partial charge in [-0.1, -0.05) is 55.3 Å². The van der Waals surface area contributed by atoms with Gasteiger partial charge in [-0.25, -0.2) is 4.79 Å². The van der Waals surface area contributed by atoms with Crippen molar-refractivity contribution in [3.05, 3.63) is 65.7 Å². The van der Waals surface area contributed by atoms with E-state index in [1.165, 1.54) is 6.42 Å². The molecule has 4 nitrogen and oxygen atoms in total. The van der Waals surface area contributed by atoms with E-state index < -0.39 is 11.6 Å². The molecule has 2 aromatic rings. The smallest absolute Gasteiger partial charge is 0.348 e. The molecule has 1 saturated heterocycles. The fraction of sp³-hybridized carbons (Fsp3) is 0.375. The van der Waals surface area contributed by atoms with Gasteiger partial charge in [0.15, 0.2) is 6.61 Å². The van der Waals surface area contributed by atoms with Crippen LogP contribution in [0, 0.1) is 23.2 Å². The first-order valence-electron chi connectivity index (χ1n) is 9.67. The molecule has 0 aromatic heterocycles. The van der Waals surface area contributed by atoms with Crippen LogP contribution in [0.4, 0.5) is 5.69 Å². The summed E-state index contributed by atoms with van der Waals surface area (Å²) in [6.07, 6.45) is 1.32. The lowest BCUT2D eigenvalue weighted by atomic mass is 9.86. The molecular weight excluding hydrogens is 350 g/mol. The van der Waals surface area contributed by atoms with Crippen LogP contribution in [0.3, 0.4) is 0 Å². The zero-order chi connectivity index (χ0) is 19.8. The van der Waals surface area contributed by atoms with E-state index in [4.69, 9.17) is 4.74 Å². The Hall–Kier alpha value is -2.77. The minimum absolute atomic E-state index is 0.0453. The van der Waals surface area contributed by atoms with Gasteiger partial charge in [-0.15, -0.1) is 5.92 Å². The number of carbonyl (C=O) groups is 1. The Morgan fingerprint density at radius 2 is 1.89 bits per heavy atom. The van der Waals surface area contributed by atoms with Gasteiger partial charge in [0.2, 0.25) is 5.60 Å². The molecule has 2 aromatic carbocycles. The Bertz CT molecular complexity index is 928. The van der Waals surface area contributed by atoms with Gasteiger partial charge in [0.1, 0.15) is 0 Å². The van der Waals surface area contributed by atoms with Crippen LogP contribution in [0.25, 0.3) is 0 Å². The molecule has 1 heterocycles. The number of aliphatic hydroxyl groups is 1. The van der Waals surface area contributed by atoms with Crippen LogP contribution in [0.1, 0.15) is 31.4 Å². The van der Waals surface area contributed by atoms with Crippen molar-refractivity contribution in [1.29, 1.82) is 0 Å². The lowest BCUT2D eigenvalue weighted by Crippen LogP contribution is -2.38. The topological polar surface area (TPSA) is 49.8 Å². The summed E-state index contributed by atoms with van der Waals surface area (Å²) in [4.78, 5) is 15.2. The molecule has 0 spiro atoms. The second kappa shape index (κ2) is 7.00. The van der Waals surface area contributed by atoms with E-state index in [2.05, 4.69) is 23.7 Å². The predicted molar refractivity (Wildman–Crippen MR) is 109 cm³/mol. The highest BCUT2D eigenvalue weighted by atomic mass is 16.5. The number of anilines is 1. The number of esters is 1. The highest BCUT2D eigenvalue weighted by molar-refractivity contribution is 5.85. The van der Waals surface area contributed by atoms with Crippen molar-refractivity contribution >= 4 is 11.7 Å². The molecule has 1 aliphatic heterocycles. The van der Waals surface area contributed by atoms with Crippen LogP contribution in [-0.4, -0.2) is 30.8 Å². The van der Waals surface area contributed by atoms with Crippen LogP contribution in [0.5, 0.6) is 0 Å². The number of nitrogens with zero attached hydrogens (tertiary/aromatic N) is 1. The maximum atomic E-state index is 12.8. The zero-order valence-corrected chi connectivity index (χ0v) is 16.3. The molecule has 0 bridgehead atoms. The van der Waals surface area contributed by atoms with Gasteiger partial charge in [0.05, 0.1) is 0 Å². The van der Waals surface area contributed by atoms with Crippen molar-refractivity contribution in [3.8, 4) is 11.8 Å². The normalized spacial score (nSPS) is 24.5. The monoisotopic (exact) mass is 375 g/mol. The van der Waals surface area contributed by atoms with Crippen LogP contribution in [0.2, 0.25) is 0 Å². The summed E-state index contributed by atoms with van der Waals surface area (Å²) in [5.74, 6) is 5.47. The summed E-state index contributed by atoms with van der Waals surface area (Å²) in [5.41, 5.74) is 0.694. The largest absolute Gasteiger partial charge is 0.450 e. The molecule has 2 fully saturated rings. The second-order valence-electron chi connectivity index (χ2n) is 8.06. The third-order valence-corrected chi connectivity index (χ3v) is 6.12. The first kappa shape index (κ1) is 18.6. The molecular formula is C24H25NO3. The molecule has 0 amide bonds. The molecule has 1 N–H and O–H groups in total. The maximum Gasteiger partial charge on any atom is 0.348 e. The standard InChI is InChI=1S/C24H25NO3/c1-3-4-14-28-22(26)24(27,18-8-6-5-7-9-18)19-10-12-21(13-11-19)25-16-20-15-23(20,2)17-25/h5-13,20,27H,14-17H2,1-2H3/t20-,23+,24?/m1/s1. The van der Waals surface area contributed by atoms with Crippen LogP contribution >= 0.6 is 0 Å². The Labute approximate surface area is 166 Å². The fourth-order valence-electron chi connectivity index (χ4n) is 4.22. The van der Waals surface area contributed by atoms with Gasteiger partial charge in [-0.2, -0.15) is 0 Å². The number of fused-ring (bicyclic) bond motifs is 1. The maximum absolute atomic E-state index is 12.8. The predicted octanol–water partition coefficient (Wildman–Crippen LogP) is 3.34. The van der Waals surface area contributed by atoms with Gasteiger partial charge in [0.25, 0.3) is 0 Å². The average Bonchev–Trinajstić information content (AvgIpc) is 3.24. The Morgan fingerprint density at radius 1 is 1.21 bits per heavy atom. The summed E-state index contributed by atoms with van der Waals surface area (Å²) in [5, 5.41) is 11.4. The van der Waals surface area contributed by atoms with Crippen molar-refractivity contribution < 1.29 is 14.6 Å². The molecule has 2 aliphatic rings. The Kier molecular flexibility index (Phi) is 4.64. The molecule has 1 saturated carbocycles. The molecule has 1 unspecified atom stereocenters. The van der Waals surface area contributed by atoms with E-state index >= 15 is 0 Å². The SMILES string of the molecule is CC#CCOC(=O)C(O)(c1ccccc1)c1ccc(N2C[C@H]3C[C@@]3(C)C2)cc1. The molecule has 28 heavy (non-hydrogen) atoms. The second-order valence-corrected chi connectivity index (χ2v) is 8.06. The summed E-state index contributed by atoms with van der Waals surface area (Å²) in [7, 11) is 0. The van der Waals surface area contributed by atoms with E-state index in [0.29, 0.717) is 16.5 Å². The quantitative estimate of drug-likeness (QED) is 0.643. The number of piperidine rings is 1. The molecule has 1 aliphatic carbocycles. The minimum atomic E-state index is -1.87. The molecule has 4 heteroatoms. The number of ether oxygens (including phenoxy) is 1. The van der Waals surface area contributed by atoms with Crippen LogP contribution < -0.4 is 4.90 Å². The van der Waals surface area contributed by atoms with E-state index in [1.807, 2.05) is 30.3 Å². The Balaban J connectivity index is 1.62. The van der Waals surface area contributed by atoms with Gasteiger partial charge in [-0.3, -0.25) is 0 Å². The van der Waals surface area contributed by atoms with Crippen LogP contribution in [0.15, 0.2) is 54.6 Å². The van der Waals surface area contributed by atoms with Crippen molar-refractivity contribution in [2.24, 2.45) is 11.3 Å². The Morgan fingerprint density at radius 3 is 2.50 bits per heavy atom. The molecule has 3 atom stereocenters. The van der Waals surface area contributed by atoms with E-state index in [-0.39, 0.29) is 6.61 Å². The lowest BCUT2D eigenvalue weighted by molar-refractivity contribution is -0.160. The molecule has 0 radical (unpaired) electrons. The summed E-state index contributed by atoms with van der Waals surface area (Å²) in [6, 6.07) is 16.5. The van der Waals surface area contributed by atoms with Crippen molar-refractivity contribution in [1.82, 2.24) is 0 Å². The summed E-state index contributed by atoms with van der Waals surface area (Å²) < 4.78 is 5.25. The van der Waals surface area contributed by atoms with Crippen molar-refractivity contribution in [3.63, 3.8) is 0 Å². The number of carbonyl (C=O) groups excluding carboxylic acids is 1. The van der Waals surface area contributed by atoms with Crippen molar-refractivity contribution in [2.45, 2.75) is 25.9 Å². The van der Waals surface area contributed by atoms with Gasteiger partial charge >= 0.3 is 5.97 Å². The first-order chi connectivity index (χ1) is 13.5. The van der Waals surface area contributed by atoms with E-state index in [0.717, 1.165) is 24.7 Å². The van der Waals surface area contributed by atoms with E-state index in [9.17, 15) is 9.90 Å². The van der Waals surface area contributed by atoms with Crippen molar-refractivity contribution in [2.75, 3.05) is 24.6 Å². The zero-order valence-electron chi connectivity index (χ0n) is 16.3. The highest BCUT2D eigenvalue weighted by Crippen LogP contribution is 2.57. The fourth-order valence-corrected chi connectivity index (χ4v) is 4.22. The average molecular weight is 375 g/mol. The molecule has 4 rings (SSSR count). The number of benzene rings is 2. The van der Waals surface area contributed by atoms with Crippen LogP contribution in [-0.2, 0) is 15.1 Å². The van der Waals surface area contributed by atoms with Gasteiger partial charge in [-0.05, 0) is 47.9 Å².